The Morgan fingerprint density at radius 3 is 2.78 bits per heavy atom. The molecule has 1 amide bonds. The molecule has 5 heteroatoms. The summed E-state index contributed by atoms with van der Waals surface area (Å²) in [5.74, 6) is 1.36. The van der Waals surface area contributed by atoms with Crippen LogP contribution in [-0.2, 0) is 17.0 Å². The largest absolute Gasteiger partial charge is 0.308 e. The summed E-state index contributed by atoms with van der Waals surface area (Å²) in [6, 6.07) is 14.0. The van der Waals surface area contributed by atoms with Gasteiger partial charge in [0.2, 0.25) is 5.91 Å². The zero-order valence-corrected chi connectivity index (χ0v) is 15.1. The Bertz CT molecular complexity index is 735. The van der Waals surface area contributed by atoms with E-state index in [1.54, 1.807) is 17.8 Å². The van der Waals surface area contributed by atoms with E-state index in [4.69, 9.17) is 23.2 Å². The fraction of sp³-hybridized carbons (Fsp3) is 0.278. The van der Waals surface area contributed by atoms with Gasteiger partial charge < -0.3 is 4.90 Å². The van der Waals surface area contributed by atoms with Crippen molar-refractivity contribution >= 4 is 46.6 Å². The van der Waals surface area contributed by atoms with Crippen molar-refractivity contribution in [2.75, 3.05) is 10.7 Å². The van der Waals surface area contributed by atoms with Gasteiger partial charge in [-0.25, -0.2) is 0 Å². The lowest BCUT2D eigenvalue weighted by Crippen LogP contribution is -2.37. The predicted octanol–water partition coefficient (Wildman–Crippen LogP) is 5.20. The first-order chi connectivity index (χ1) is 11.1. The molecule has 2 nitrogen and oxygen atoms in total. The molecule has 2 aromatic carbocycles. The van der Waals surface area contributed by atoms with Crippen LogP contribution in [0.25, 0.3) is 0 Å². The third-order valence-corrected chi connectivity index (χ3v) is 5.68. The first kappa shape index (κ1) is 16.7. The Kier molecular flexibility index (Phi) is 5.20. The van der Waals surface area contributed by atoms with E-state index < -0.39 is 0 Å². The molecule has 0 unspecified atom stereocenters. The van der Waals surface area contributed by atoms with Crippen molar-refractivity contribution in [3.05, 3.63) is 63.6 Å². The highest BCUT2D eigenvalue weighted by atomic mass is 35.5. The second-order valence-electron chi connectivity index (χ2n) is 5.69. The summed E-state index contributed by atoms with van der Waals surface area (Å²) in [5, 5.41) is 1.11. The van der Waals surface area contributed by atoms with Crippen molar-refractivity contribution in [2.45, 2.75) is 25.1 Å². The normalized spacial score (nSPS) is 16.5. The topological polar surface area (TPSA) is 20.3 Å². The minimum Gasteiger partial charge on any atom is -0.308 e. The summed E-state index contributed by atoms with van der Waals surface area (Å²) in [6.07, 6.45) is 0.930. The van der Waals surface area contributed by atoms with Crippen LogP contribution < -0.4 is 4.90 Å². The van der Waals surface area contributed by atoms with E-state index in [9.17, 15) is 4.79 Å². The van der Waals surface area contributed by atoms with Gasteiger partial charge in [-0.15, -0.1) is 11.8 Å². The van der Waals surface area contributed by atoms with Crippen LogP contribution in [0.3, 0.4) is 0 Å². The SMILES string of the molecule is C[C@H]1Cc2ccccc2N1C(=O)CSCc1ccc(Cl)c(Cl)c1. The maximum atomic E-state index is 12.6. The third kappa shape index (κ3) is 3.68. The maximum absolute atomic E-state index is 12.6. The van der Waals surface area contributed by atoms with E-state index >= 15 is 0 Å². The third-order valence-electron chi connectivity index (χ3n) is 3.95. The summed E-state index contributed by atoms with van der Waals surface area (Å²) in [4.78, 5) is 14.5. The number of rotatable bonds is 4. The summed E-state index contributed by atoms with van der Waals surface area (Å²) in [5.41, 5.74) is 3.38. The van der Waals surface area contributed by atoms with Crippen molar-refractivity contribution in [1.29, 1.82) is 0 Å². The van der Waals surface area contributed by atoms with Crippen LogP contribution in [0.2, 0.25) is 10.0 Å². The van der Waals surface area contributed by atoms with Crippen LogP contribution in [0.5, 0.6) is 0 Å². The first-order valence-corrected chi connectivity index (χ1v) is 9.39. The van der Waals surface area contributed by atoms with Crippen molar-refractivity contribution in [3.63, 3.8) is 0 Å². The summed E-state index contributed by atoms with van der Waals surface area (Å²) in [6.45, 7) is 2.10. The highest BCUT2D eigenvalue weighted by Crippen LogP contribution is 2.32. The number of fused-ring (bicyclic) bond motifs is 1. The molecule has 0 saturated heterocycles. The molecule has 0 aromatic heterocycles. The lowest BCUT2D eigenvalue weighted by atomic mass is 10.1. The Morgan fingerprint density at radius 1 is 1.22 bits per heavy atom. The van der Waals surface area contributed by atoms with Crippen LogP contribution >= 0.6 is 35.0 Å². The molecule has 0 spiro atoms. The molecule has 0 aliphatic carbocycles. The van der Waals surface area contributed by atoms with Crippen LogP contribution in [0.15, 0.2) is 42.5 Å². The monoisotopic (exact) mass is 365 g/mol. The van der Waals surface area contributed by atoms with Crippen LogP contribution in [0, 0.1) is 0 Å². The summed E-state index contributed by atoms with van der Waals surface area (Å²) >= 11 is 13.5. The van der Waals surface area contributed by atoms with Crippen molar-refractivity contribution < 1.29 is 4.79 Å². The zero-order chi connectivity index (χ0) is 16.4. The number of nitrogens with zero attached hydrogens (tertiary/aromatic N) is 1. The van der Waals surface area contributed by atoms with Gasteiger partial charge in [0.1, 0.15) is 0 Å². The summed E-state index contributed by atoms with van der Waals surface area (Å²) in [7, 11) is 0. The molecule has 0 radical (unpaired) electrons. The molecule has 1 aliphatic heterocycles. The lowest BCUT2D eigenvalue weighted by molar-refractivity contribution is -0.116. The van der Waals surface area contributed by atoms with Crippen LogP contribution in [0.1, 0.15) is 18.1 Å². The molecule has 120 valence electrons. The number of para-hydroxylation sites is 1. The number of benzene rings is 2. The number of hydrogen-bond donors (Lipinski definition) is 0. The van der Waals surface area contributed by atoms with E-state index in [-0.39, 0.29) is 11.9 Å². The second-order valence-corrected chi connectivity index (χ2v) is 7.49. The highest BCUT2D eigenvalue weighted by Gasteiger charge is 2.30. The standard InChI is InChI=1S/C18H17Cl2NOS/c1-12-8-14-4-2-3-5-17(14)21(12)18(22)11-23-10-13-6-7-15(19)16(20)9-13/h2-7,9,12H,8,10-11H2,1H3/t12-/m0/s1. The molecular weight excluding hydrogens is 349 g/mol. The minimum atomic E-state index is 0.160. The molecule has 1 heterocycles. The highest BCUT2D eigenvalue weighted by molar-refractivity contribution is 7.99. The van der Waals surface area contributed by atoms with E-state index in [1.807, 2.05) is 35.2 Å². The fourth-order valence-electron chi connectivity index (χ4n) is 2.90. The molecule has 0 saturated carbocycles. The Balaban J connectivity index is 1.60. The Labute approximate surface area is 150 Å². The van der Waals surface area contributed by atoms with Crippen molar-refractivity contribution in [1.82, 2.24) is 0 Å². The molecule has 1 atom stereocenters. The zero-order valence-electron chi connectivity index (χ0n) is 12.8. The number of amides is 1. The fourth-order valence-corrected chi connectivity index (χ4v) is 4.05. The van der Waals surface area contributed by atoms with Crippen molar-refractivity contribution in [3.8, 4) is 0 Å². The number of anilines is 1. The van der Waals surface area contributed by atoms with Gasteiger partial charge in [-0.05, 0) is 42.7 Å². The van der Waals surface area contributed by atoms with Gasteiger partial charge in [0, 0.05) is 17.5 Å². The van der Waals surface area contributed by atoms with E-state index in [0.29, 0.717) is 15.8 Å². The van der Waals surface area contributed by atoms with E-state index in [0.717, 1.165) is 23.4 Å². The molecule has 2 aromatic rings. The van der Waals surface area contributed by atoms with Crippen LogP contribution in [0.4, 0.5) is 5.69 Å². The second kappa shape index (κ2) is 7.16. The predicted molar refractivity (Wildman–Crippen MR) is 99.7 cm³/mol. The van der Waals surface area contributed by atoms with E-state index in [1.165, 1.54) is 5.56 Å². The van der Waals surface area contributed by atoms with Gasteiger partial charge in [-0.2, -0.15) is 0 Å². The van der Waals surface area contributed by atoms with Gasteiger partial charge in [-0.1, -0.05) is 47.5 Å². The van der Waals surface area contributed by atoms with Gasteiger partial charge in [0.25, 0.3) is 0 Å². The number of hydrogen-bond acceptors (Lipinski definition) is 2. The molecule has 0 fully saturated rings. The van der Waals surface area contributed by atoms with Crippen LogP contribution in [-0.4, -0.2) is 17.7 Å². The average molecular weight is 366 g/mol. The van der Waals surface area contributed by atoms with Crippen molar-refractivity contribution in [2.24, 2.45) is 0 Å². The van der Waals surface area contributed by atoms with Gasteiger partial charge in [0.05, 0.1) is 15.8 Å². The molecule has 23 heavy (non-hydrogen) atoms. The Morgan fingerprint density at radius 2 is 2.00 bits per heavy atom. The minimum absolute atomic E-state index is 0.160. The number of halogens is 2. The number of thioether (sulfide) groups is 1. The molecule has 0 N–H and O–H groups in total. The van der Waals surface area contributed by atoms with Gasteiger partial charge >= 0.3 is 0 Å². The molecular formula is C18H17Cl2NOS. The smallest absolute Gasteiger partial charge is 0.237 e. The summed E-state index contributed by atoms with van der Waals surface area (Å²) < 4.78 is 0. The number of carbonyl (C=O) groups excluding carboxylic acids is 1. The lowest BCUT2D eigenvalue weighted by Gasteiger charge is -2.22. The van der Waals surface area contributed by atoms with Gasteiger partial charge in [0.15, 0.2) is 0 Å². The van der Waals surface area contributed by atoms with E-state index in [2.05, 4.69) is 13.0 Å². The Hall–Kier alpha value is -1.16. The molecule has 1 aliphatic rings. The maximum Gasteiger partial charge on any atom is 0.237 e. The first-order valence-electron chi connectivity index (χ1n) is 7.48. The quantitative estimate of drug-likeness (QED) is 0.741. The average Bonchev–Trinajstić information content (AvgIpc) is 2.86. The molecule has 3 rings (SSSR count). The van der Waals surface area contributed by atoms with Gasteiger partial charge in [-0.3, -0.25) is 4.79 Å². The molecule has 0 bridgehead atoms. The number of carbonyl (C=O) groups is 1.